The van der Waals surface area contributed by atoms with Crippen LogP contribution in [0.3, 0.4) is 0 Å². The standard InChI is InChI=1S/C16H30N2O/c1-13(17)7-5-11-16(19)18-12-6-10-15(18)14-8-3-2-4-9-14/h13-15H,2-12,17H2,1H3. The number of carbonyl (C=O) groups excluding carboxylic acids is 1. The van der Waals surface area contributed by atoms with Crippen LogP contribution < -0.4 is 5.73 Å². The predicted molar refractivity (Wildman–Crippen MR) is 78.8 cm³/mol. The van der Waals surface area contributed by atoms with E-state index in [9.17, 15) is 4.79 Å². The van der Waals surface area contributed by atoms with Gasteiger partial charge in [0, 0.05) is 25.0 Å². The molecule has 1 aliphatic heterocycles. The van der Waals surface area contributed by atoms with E-state index in [1.165, 1.54) is 44.9 Å². The smallest absolute Gasteiger partial charge is 0.222 e. The van der Waals surface area contributed by atoms with E-state index in [0.717, 1.165) is 25.3 Å². The molecule has 1 amide bonds. The second kappa shape index (κ2) is 7.28. The Morgan fingerprint density at radius 1 is 1.21 bits per heavy atom. The second-order valence-electron chi connectivity index (χ2n) is 6.56. The number of carbonyl (C=O) groups is 1. The lowest BCUT2D eigenvalue weighted by Crippen LogP contribution is -2.40. The fourth-order valence-corrected chi connectivity index (χ4v) is 3.83. The third kappa shape index (κ3) is 4.20. The van der Waals surface area contributed by atoms with Gasteiger partial charge >= 0.3 is 0 Å². The molecule has 2 atom stereocenters. The predicted octanol–water partition coefficient (Wildman–Crippen LogP) is 3.08. The zero-order chi connectivity index (χ0) is 13.7. The Morgan fingerprint density at radius 3 is 2.63 bits per heavy atom. The molecule has 2 aliphatic rings. The summed E-state index contributed by atoms with van der Waals surface area (Å²) in [6.07, 6.45) is 11.9. The van der Waals surface area contributed by atoms with Gasteiger partial charge in [-0.25, -0.2) is 0 Å². The minimum absolute atomic E-state index is 0.223. The average molecular weight is 266 g/mol. The highest BCUT2D eigenvalue weighted by atomic mass is 16.2. The molecule has 1 aliphatic carbocycles. The zero-order valence-corrected chi connectivity index (χ0v) is 12.4. The van der Waals surface area contributed by atoms with Crippen LogP contribution in [0, 0.1) is 5.92 Å². The first-order chi connectivity index (χ1) is 9.18. The Bertz CT molecular complexity index is 284. The quantitative estimate of drug-likeness (QED) is 0.831. The SMILES string of the molecule is CC(N)CCCC(=O)N1CCCC1C1CCCCC1. The molecule has 0 radical (unpaired) electrons. The number of nitrogens with two attached hydrogens (primary N) is 1. The van der Waals surface area contributed by atoms with Gasteiger partial charge in [-0.3, -0.25) is 4.79 Å². The molecule has 3 nitrogen and oxygen atoms in total. The molecule has 0 aromatic rings. The molecule has 0 aromatic heterocycles. The molecule has 110 valence electrons. The third-order valence-electron chi connectivity index (χ3n) is 4.86. The van der Waals surface area contributed by atoms with Crippen LogP contribution in [0.4, 0.5) is 0 Å². The Morgan fingerprint density at radius 2 is 1.95 bits per heavy atom. The van der Waals surface area contributed by atoms with Crippen LogP contribution in [0.1, 0.15) is 71.1 Å². The summed E-state index contributed by atoms with van der Waals surface area (Å²) >= 11 is 0. The zero-order valence-electron chi connectivity index (χ0n) is 12.4. The molecule has 0 aromatic carbocycles. The summed E-state index contributed by atoms with van der Waals surface area (Å²) in [5, 5.41) is 0. The maximum atomic E-state index is 12.4. The molecule has 2 rings (SSSR count). The van der Waals surface area contributed by atoms with Crippen molar-refractivity contribution in [2.75, 3.05) is 6.54 Å². The first-order valence-corrected chi connectivity index (χ1v) is 8.23. The second-order valence-corrected chi connectivity index (χ2v) is 6.56. The van der Waals surface area contributed by atoms with Crippen molar-refractivity contribution < 1.29 is 4.79 Å². The van der Waals surface area contributed by atoms with Crippen LogP contribution in [-0.4, -0.2) is 29.4 Å². The first-order valence-electron chi connectivity index (χ1n) is 8.23. The van der Waals surface area contributed by atoms with Gasteiger partial charge in [0.25, 0.3) is 0 Å². The van der Waals surface area contributed by atoms with Crippen molar-refractivity contribution in [1.29, 1.82) is 0 Å². The number of hydrogen-bond acceptors (Lipinski definition) is 2. The Balaban J connectivity index is 1.81. The third-order valence-corrected chi connectivity index (χ3v) is 4.86. The van der Waals surface area contributed by atoms with Crippen molar-refractivity contribution in [1.82, 2.24) is 4.90 Å². The molecule has 1 heterocycles. The van der Waals surface area contributed by atoms with Gasteiger partial charge in [-0.1, -0.05) is 19.3 Å². The van der Waals surface area contributed by atoms with Gasteiger partial charge in [0.2, 0.25) is 5.91 Å². The molecule has 1 saturated heterocycles. The monoisotopic (exact) mass is 266 g/mol. The highest BCUT2D eigenvalue weighted by molar-refractivity contribution is 5.76. The summed E-state index contributed by atoms with van der Waals surface area (Å²) in [7, 11) is 0. The van der Waals surface area contributed by atoms with Gasteiger partial charge < -0.3 is 10.6 Å². The van der Waals surface area contributed by atoms with Crippen LogP contribution >= 0.6 is 0 Å². The largest absolute Gasteiger partial charge is 0.339 e. The van der Waals surface area contributed by atoms with Crippen molar-refractivity contribution in [3.05, 3.63) is 0 Å². The molecular weight excluding hydrogens is 236 g/mol. The summed E-state index contributed by atoms with van der Waals surface area (Å²) < 4.78 is 0. The number of hydrogen-bond donors (Lipinski definition) is 1. The van der Waals surface area contributed by atoms with E-state index in [1.807, 2.05) is 6.92 Å². The fraction of sp³-hybridized carbons (Fsp3) is 0.938. The van der Waals surface area contributed by atoms with E-state index in [0.29, 0.717) is 18.4 Å². The summed E-state index contributed by atoms with van der Waals surface area (Å²) in [6, 6.07) is 0.781. The van der Waals surface area contributed by atoms with E-state index in [4.69, 9.17) is 5.73 Å². The topological polar surface area (TPSA) is 46.3 Å². The van der Waals surface area contributed by atoms with Gasteiger partial charge in [0.1, 0.15) is 0 Å². The molecular formula is C16H30N2O. The highest BCUT2D eigenvalue weighted by Gasteiger charge is 2.34. The van der Waals surface area contributed by atoms with E-state index >= 15 is 0 Å². The molecule has 2 N–H and O–H groups in total. The van der Waals surface area contributed by atoms with Gasteiger partial charge in [0.15, 0.2) is 0 Å². The Hall–Kier alpha value is -0.570. The van der Waals surface area contributed by atoms with Gasteiger partial charge in [-0.2, -0.15) is 0 Å². The molecule has 0 spiro atoms. The van der Waals surface area contributed by atoms with Crippen molar-refractivity contribution in [2.45, 2.75) is 83.2 Å². The van der Waals surface area contributed by atoms with Gasteiger partial charge in [0.05, 0.1) is 0 Å². The van der Waals surface area contributed by atoms with E-state index in [2.05, 4.69) is 4.90 Å². The molecule has 1 saturated carbocycles. The van der Waals surface area contributed by atoms with Crippen LogP contribution in [0.5, 0.6) is 0 Å². The summed E-state index contributed by atoms with van der Waals surface area (Å²) in [6.45, 7) is 3.02. The van der Waals surface area contributed by atoms with E-state index < -0.39 is 0 Å². The molecule has 0 bridgehead atoms. The molecule has 3 heteroatoms. The average Bonchev–Trinajstić information content (AvgIpc) is 2.88. The molecule has 19 heavy (non-hydrogen) atoms. The van der Waals surface area contributed by atoms with Gasteiger partial charge in [-0.05, 0) is 51.4 Å². The van der Waals surface area contributed by atoms with Crippen molar-refractivity contribution in [3.8, 4) is 0 Å². The molecule has 2 unspecified atom stereocenters. The minimum Gasteiger partial charge on any atom is -0.339 e. The summed E-state index contributed by atoms with van der Waals surface area (Å²) in [5.41, 5.74) is 5.75. The number of nitrogens with zero attached hydrogens (tertiary/aromatic N) is 1. The van der Waals surface area contributed by atoms with Gasteiger partial charge in [-0.15, -0.1) is 0 Å². The minimum atomic E-state index is 0.223. The van der Waals surface area contributed by atoms with E-state index in [1.54, 1.807) is 0 Å². The van der Waals surface area contributed by atoms with Crippen molar-refractivity contribution in [3.63, 3.8) is 0 Å². The summed E-state index contributed by atoms with van der Waals surface area (Å²) in [4.78, 5) is 14.6. The van der Waals surface area contributed by atoms with E-state index in [-0.39, 0.29) is 6.04 Å². The maximum Gasteiger partial charge on any atom is 0.222 e. The van der Waals surface area contributed by atoms with Crippen LogP contribution in [-0.2, 0) is 4.79 Å². The summed E-state index contributed by atoms with van der Waals surface area (Å²) in [5.74, 6) is 1.17. The fourth-order valence-electron chi connectivity index (χ4n) is 3.83. The normalized spacial score (nSPS) is 26.6. The lowest BCUT2D eigenvalue weighted by atomic mass is 9.83. The molecule has 2 fully saturated rings. The lowest BCUT2D eigenvalue weighted by Gasteiger charge is -2.34. The highest BCUT2D eigenvalue weighted by Crippen LogP contribution is 2.34. The van der Waals surface area contributed by atoms with Crippen LogP contribution in [0.2, 0.25) is 0 Å². The number of rotatable bonds is 5. The van der Waals surface area contributed by atoms with Crippen LogP contribution in [0.15, 0.2) is 0 Å². The lowest BCUT2D eigenvalue weighted by molar-refractivity contribution is -0.133. The maximum absolute atomic E-state index is 12.4. The first kappa shape index (κ1) is 14.8. The van der Waals surface area contributed by atoms with Crippen molar-refractivity contribution in [2.24, 2.45) is 11.7 Å². The number of likely N-dealkylation sites (tertiary alicyclic amines) is 1. The number of amides is 1. The Kier molecular flexibility index (Phi) is 5.68. The Labute approximate surface area is 117 Å². The van der Waals surface area contributed by atoms with Crippen molar-refractivity contribution >= 4 is 5.91 Å². The van der Waals surface area contributed by atoms with Crippen LogP contribution in [0.25, 0.3) is 0 Å².